The van der Waals surface area contributed by atoms with Crippen molar-refractivity contribution in [3.05, 3.63) is 35.7 Å². The Bertz CT molecular complexity index is 762. The van der Waals surface area contributed by atoms with E-state index in [0.717, 1.165) is 25.9 Å². The molecular weight excluding hydrogens is 334 g/mol. The van der Waals surface area contributed by atoms with Crippen molar-refractivity contribution in [1.82, 2.24) is 20.3 Å². The Morgan fingerprint density at radius 3 is 2.65 bits per heavy atom. The first kappa shape index (κ1) is 17.9. The summed E-state index contributed by atoms with van der Waals surface area (Å²) >= 11 is 0. The molecule has 8 heteroatoms. The highest BCUT2D eigenvalue weighted by atomic mass is 16.5. The van der Waals surface area contributed by atoms with Crippen LogP contribution in [0.15, 0.2) is 24.3 Å². The van der Waals surface area contributed by atoms with Gasteiger partial charge in [-0.15, -0.1) is 0 Å². The van der Waals surface area contributed by atoms with E-state index in [1.807, 2.05) is 0 Å². The number of nitrogens with one attached hydrogen (secondary N) is 1. The molecule has 1 aliphatic heterocycles. The molecule has 1 fully saturated rings. The van der Waals surface area contributed by atoms with Crippen LogP contribution in [0.4, 0.5) is 5.95 Å². The molecule has 1 saturated heterocycles. The van der Waals surface area contributed by atoms with Gasteiger partial charge in [-0.05, 0) is 37.5 Å². The zero-order valence-corrected chi connectivity index (χ0v) is 15.1. The standard InChI is InChI=1S/C18H23N5O3/c1-25-14-8-6-7-13(11-14)16(24)19-12-15-20-17(22-18(21-15)26-2)23-9-4-3-5-10-23/h6-8,11H,3-5,9-10,12H2,1-2H3,(H,19,24). The average molecular weight is 357 g/mol. The van der Waals surface area contributed by atoms with Gasteiger partial charge in [-0.1, -0.05) is 6.07 Å². The average Bonchev–Trinajstić information content (AvgIpc) is 2.72. The summed E-state index contributed by atoms with van der Waals surface area (Å²) in [6.07, 6.45) is 3.47. The van der Waals surface area contributed by atoms with Crippen LogP contribution < -0.4 is 19.7 Å². The minimum absolute atomic E-state index is 0.190. The Balaban J connectivity index is 1.71. The highest BCUT2D eigenvalue weighted by Crippen LogP contribution is 2.18. The fraction of sp³-hybridized carbons (Fsp3) is 0.444. The predicted octanol–water partition coefficient (Wildman–Crippen LogP) is 1.81. The first-order valence-electron chi connectivity index (χ1n) is 8.66. The summed E-state index contributed by atoms with van der Waals surface area (Å²) in [6.45, 7) is 2.03. The molecule has 0 aliphatic carbocycles. The monoisotopic (exact) mass is 357 g/mol. The molecule has 138 valence electrons. The van der Waals surface area contributed by atoms with Gasteiger partial charge in [-0.3, -0.25) is 4.79 Å². The quantitative estimate of drug-likeness (QED) is 0.843. The van der Waals surface area contributed by atoms with Gasteiger partial charge >= 0.3 is 6.01 Å². The van der Waals surface area contributed by atoms with Crippen LogP contribution in [-0.2, 0) is 6.54 Å². The van der Waals surface area contributed by atoms with Gasteiger partial charge in [0.1, 0.15) is 5.75 Å². The van der Waals surface area contributed by atoms with Crippen LogP contribution in [0, 0.1) is 0 Å². The molecule has 2 aromatic rings. The molecule has 0 atom stereocenters. The second-order valence-corrected chi connectivity index (χ2v) is 6.00. The van der Waals surface area contributed by atoms with Crippen molar-refractivity contribution in [2.75, 3.05) is 32.2 Å². The molecule has 1 aromatic heterocycles. The summed E-state index contributed by atoms with van der Waals surface area (Å²) in [5.41, 5.74) is 0.515. The van der Waals surface area contributed by atoms with E-state index >= 15 is 0 Å². The molecule has 0 bridgehead atoms. The molecule has 0 saturated carbocycles. The van der Waals surface area contributed by atoms with Gasteiger partial charge < -0.3 is 19.7 Å². The second-order valence-electron chi connectivity index (χ2n) is 6.00. The minimum atomic E-state index is -0.220. The first-order valence-corrected chi connectivity index (χ1v) is 8.66. The molecule has 2 heterocycles. The van der Waals surface area contributed by atoms with Crippen LogP contribution in [0.3, 0.4) is 0 Å². The molecule has 26 heavy (non-hydrogen) atoms. The Hall–Kier alpha value is -2.90. The van der Waals surface area contributed by atoms with Crippen LogP contribution in [-0.4, -0.2) is 48.2 Å². The number of methoxy groups -OCH3 is 2. The van der Waals surface area contributed by atoms with Crippen molar-refractivity contribution in [1.29, 1.82) is 0 Å². The third-order valence-electron chi connectivity index (χ3n) is 4.21. The van der Waals surface area contributed by atoms with Crippen molar-refractivity contribution in [2.45, 2.75) is 25.8 Å². The Kier molecular flexibility index (Phi) is 5.83. The molecule has 8 nitrogen and oxygen atoms in total. The van der Waals surface area contributed by atoms with E-state index in [2.05, 4.69) is 25.2 Å². The van der Waals surface area contributed by atoms with Gasteiger partial charge in [-0.2, -0.15) is 15.0 Å². The molecule has 1 amide bonds. The zero-order valence-electron chi connectivity index (χ0n) is 15.1. The third-order valence-corrected chi connectivity index (χ3v) is 4.21. The molecule has 0 radical (unpaired) electrons. The van der Waals surface area contributed by atoms with Crippen molar-refractivity contribution in [3.63, 3.8) is 0 Å². The lowest BCUT2D eigenvalue weighted by Gasteiger charge is -2.26. The fourth-order valence-electron chi connectivity index (χ4n) is 2.82. The topological polar surface area (TPSA) is 89.5 Å². The van der Waals surface area contributed by atoms with Gasteiger partial charge in [0, 0.05) is 18.7 Å². The summed E-state index contributed by atoms with van der Waals surface area (Å²) < 4.78 is 10.3. The van der Waals surface area contributed by atoms with Gasteiger partial charge in [0.05, 0.1) is 20.8 Å². The Morgan fingerprint density at radius 1 is 1.12 bits per heavy atom. The number of carbonyl (C=O) groups excluding carboxylic acids is 1. The van der Waals surface area contributed by atoms with Crippen molar-refractivity contribution < 1.29 is 14.3 Å². The molecule has 0 unspecified atom stereocenters. The van der Waals surface area contributed by atoms with E-state index < -0.39 is 0 Å². The molecule has 1 N–H and O–H groups in total. The number of carbonyl (C=O) groups is 1. The van der Waals surface area contributed by atoms with Crippen molar-refractivity contribution in [3.8, 4) is 11.8 Å². The van der Waals surface area contributed by atoms with Crippen LogP contribution in [0.1, 0.15) is 35.4 Å². The van der Waals surface area contributed by atoms with Gasteiger partial charge in [0.25, 0.3) is 5.91 Å². The number of aromatic nitrogens is 3. The van der Waals surface area contributed by atoms with Crippen molar-refractivity contribution >= 4 is 11.9 Å². The van der Waals surface area contributed by atoms with Gasteiger partial charge in [0.2, 0.25) is 5.95 Å². The lowest BCUT2D eigenvalue weighted by Crippen LogP contribution is -2.32. The highest BCUT2D eigenvalue weighted by Gasteiger charge is 2.17. The fourth-order valence-corrected chi connectivity index (χ4v) is 2.82. The maximum atomic E-state index is 12.3. The van der Waals surface area contributed by atoms with Crippen LogP contribution >= 0.6 is 0 Å². The maximum absolute atomic E-state index is 12.3. The van der Waals surface area contributed by atoms with E-state index in [1.165, 1.54) is 13.5 Å². The van der Waals surface area contributed by atoms with Gasteiger partial charge in [0.15, 0.2) is 5.82 Å². The lowest BCUT2D eigenvalue weighted by molar-refractivity contribution is 0.0949. The normalized spacial score (nSPS) is 14.0. The summed E-state index contributed by atoms with van der Waals surface area (Å²) in [7, 11) is 3.09. The van der Waals surface area contributed by atoms with E-state index in [9.17, 15) is 4.79 Å². The largest absolute Gasteiger partial charge is 0.497 e. The van der Waals surface area contributed by atoms with Crippen LogP contribution in [0.2, 0.25) is 0 Å². The predicted molar refractivity (Wildman–Crippen MR) is 96.6 cm³/mol. The smallest absolute Gasteiger partial charge is 0.321 e. The number of amides is 1. The van der Waals surface area contributed by atoms with Crippen molar-refractivity contribution in [2.24, 2.45) is 0 Å². The maximum Gasteiger partial charge on any atom is 0.321 e. The summed E-state index contributed by atoms with van der Waals surface area (Å²) in [5.74, 6) is 1.48. The number of nitrogens with zero attached hydrogens (tertiary/aromatic N) is 4. The van der Waals surface area contributed by atoms with E-state index in [4.69, 9.17) is 9.47 Å². The number of benzene rings is 1. The number of ether oxygens (including phenoxy) is 2. The molecular formula is C18H23N5O3. The zero-order chi connectivity index (χ0) is 18.4. The number of rotatable bonds is 6. The lowest BCUT2D eigenvalue weighted by atomic mass is 10.1. The van der Waals surface area contributed by atoms with E-state index in [1.54, 1.807) is 31.4 Å². The van der Waals surface area contributed by atoms with E-state index in [-0.39, 0.29) is 18.5 Å². The first-order chi connectivity index (χ1) is 12.7. The van der Waals surface area contributed by atoms with Gasteiger partial charge in [-0.25, -0.2) is 0 Å². The molecule has 1 aromatic carbocycles. The summed E-state index contributed by atoms with van der Waals surface area (Å²) in [5, 5.41) is 2.83. The SMILES string of the molecule is COc1cccc(C(=O)NCc2nc(OC)nc(N3CCCCC3)n2)c1. The molecule has 1 aliphatic rings. The van der Waals surface area contributed by atoms with Crippen LogP contribution in [0.5, 0.6) is 11.8 Å². The number of piperidine rings is 1. The van der Waals surface area contributed by atoms with E-state index in [0.29, 0.717) is 23.1 Å². The summed E-state index contributed by atoms with van der Waals surface area (Å²) in [6, 6.07) is 7.23. The molecule has 3 rings (SSSR count). The van der Waals surface area contributed by atoms with Crippen LogP contribution in [0.25, 0.3) is 0 Å². The third kappa shape index (κ3) is 4.38. The second kappa shape index (κ2) is 8.46. The number of hydrogen-bond acceptors (Lipinski definition) is 7. The highest BCUT2D eigenvalue weighted by molar-refractivity contribution is 5.94. The molecule has 0 spiro atoms. The summed E-state index contributed by atoms with van der Waals surface area (Å²) in [4.78, 5) is 27.5. The Morgan fingerprint density at radius 2 is 1.92 bits per heavy atom. The number of anilines is 1. The minimum Gasteiger partial charge on any atom is -0.497 e. The number of hydrogen-bond donors (Lipinski definition) is 1. The Labute approximate surface area is 152 Å².